The van der Waals surface area contributed by atoms with E-state index in [1.54, 1.807) is 48.5 Å². The lowest BCUT2D eigenvalue weighted by Gasteiger charge is -2.41. The minimum atomic E-state index is -1.26. The van der Waals surface area contributed by atoms with Crippen molar-refractivity contribution in [1.82, 2.24) is 4.57 Å². The molecule has 2 aliphatic heterocycles. The Morgan fingerprint density at radius 2 is 1.44 bits per heavy atom. The number of aliphatic imine (C=N–C) groups is 1. The number of nitrogens with zero attached hydrogens (tertiary/aromatic N) is 2. The van der Waals surface area contributed by atoms with Crippen molar-refractivity contribution in [3.8, 4) is 17.1 Å². The van der Waals surface area contributed by atoms with Crippen LogP contribution in [-0.4, -0.2) is 64.1 Å². The molecule has 43 heavy (non-hydrogen) atoms. The van der Waals surface area contributed by atoms with Crippen molar-refractivity contribution in [1.29, 1.82) is 0 Å². The van der Waals surface area contributed by atoms with Crippen molar-refractivity contribution in [2.24, 2.45) is 4.99 Å². The molecule has 2 aromatic carbocycles. The molecule has 1 unspecified atom stereocenters. The summed E-state index contributed by atoms with van der Waals surface area (Å²) < 4.78 is 23.9. The molecule has 11 nitrogen and oxygen atoms in total. The van der Waals surface area contributed by atoms with Gasteiger partial charge in [0, 0.05) is 42.8 Å². The van der Waals surface area contributed by atoms with E-state index in [4.69, 9.17) is 42.1 Å². The molecule has 13 heteroatoms. The Morgan fingerprint density at radius 1 is 0.884 bits per heavy atom. The number of aromatic hydroxyl groups is 1. The maximum Gasteiger partial charge on any atom is 0.303 e. The van der Waals surface area contributed by atoms with Crippen LogP contribution < -0.4 is 0 Å². The zero-order chi connectivity index (χ0) is 31.0. The fourth-order valence-corrected chi connectivity index (χ4v) is 5.51. The number of halogens is 2. The molecule has 0 bridgehead atoms. The van der Waals surface area contributed by atoms with Gasteiger partial charge in [-0.25, -0.2) is 4.99 Å². The van der Waals surface area contributed by atoms with Crippen molar-refractivity contribution < 1.29 is 43.2 Å². The molecule has 0 radical (unpaired) electrons. The number of hydrogen-bond donors (Lipinski definition) is 1. The summed E-state index contributed by atoms with van der Waals surface area (Å²) in [5.74, 6) is -2.89. The smallest absolute Gasteiger partial charge is 0.303 e. The number of hydrogen-bond acceptors (Lipinski definition) is 9. The first-order valence-electron chi connectivity index (χ1n) is 13.2. The largest absolute Gasteiger partial charge is 0.494 e. The number of aromatic nitrogens is 1. The van der Waals surface area contributed by atoms with Crippen LogP contribution in [0.3, 0.4) is 0 Å². The third-order valence-corrected chi connectivity index (χ3v) is 7.43. The third-order valence-electron chi connectivity index (χ3n) is 6.93. The molecular weight excluding hydrogens is 603 g/mol. The van der Waals surface area contributed by atoms with E-state index in [2.05, 4.69) is 4.99 Å². The van der Waals surface area contributed by atoms with E-state index < -0.39 is 48.4 Å². The molecular formula is C30H26Cl2N2O9. The van der Waals surface area contributed by atoms with Crippen LogP contribution in [0.1, 0.15) is 54.9 Å². The second kappa shape index (κ2) is 12.2. The van der Waals surface area contributed by atoms with E-state index in [0.717, 1.165) is 0 Å². The van der Waals surface area contributed by atoms with Gasteiger partial charge in [-0.15, -0.1) is 0 Å². The number of esters is 3. The van der Waals surface area contributed by atoms with Gasteiger partial charge < -0.3 is 24.1 Å². The van der Waals surface area contributed by atoms with Gasteiger partial charge in [0.25, 0.3) is 5.91 Å². The molecule has 1 aromatic heterocycles. The van der Waals surface area contributed by atoms with Crippen LogP contribution in [0.15, 0.2) is 53.5 Å². The predicted molar refractivity (Wildman–Crippen MR) is 154 cm³/mol. The molecule has 0 aliphatic carbocycles. The second-order valence-electron chi connectivity index (χ2n) is 9.97. The van der Waals surface area contributed by atoms with E-state index in [-0.39, 0.29) is 41.4 Å². The van der Waals surface area contributed by atoms with Crippen LogP contribution in [-0.2, 0) is 33.3 Å². The maximum atomic E-state index is 13.5. The van der Waals surface area contributed by atoms with Gasteiger partial charge in [0.05, 0.1) is 22.5 Å². The Balaban J connectivity index is 1.71. The number of carbonyl (C=O) groups excluding carboxylic acids is 4. The van der Waals surface area contributed by atoms with Crippen molar-refractivity contribution >= 4 is 52.7 Å². The zero-order valence-electron chi connectivity index (χ0n) is 23.2. The quantitative estimate of drug-likeness (QED) is 0.286. The minimum Gasteiger partial charge on any atom is -0.494 e. The van der Waals surface area contributed by atoms with E-state index in [1.807, 2.05) is 0 Å². The normalized spacial score (nSPS) is 21.1. The van der Waals surface area contributed by atoms with Gasteiger partial charge >= 0.3 is 17.9 Å². The SMILES string of the molecule is CC(=O)OC[C@H]1OC(n2c(O)c3c(c2-c2ccc(Cl)cc2)C(=O)N=C3c2ccc(Cl)cc2)[C@@H](OC(C)=O)C[C@@H]1OC(C)=O. The van der Waals surface area contributed by atoms with Crippen molar-refractivity contribution in [3.05, 3.63) is 75.3 Å². The first-order chi connectivity index (χ1) is 20.4. The van der Waals surface area contributed by atoms with E-state index in [9.17, 15) is 24.3 Å². The molecule has 0 saturated carbocycles. The Kier molecular flexibility index (Phi) is 8.59. The monoisotopic (exact) mass is 628 g/mol. The highest BCUT2D eigenvalue weighted by Gasteiger charge is 2.47. The fourth-order valence-electron chi connectivity index (χ4n) is 5.26. The van der Waals surface area contributed by atoms with Gasteiger partial charge in [0.1, 0.15) is 18.8 Å². The van der Waals surface area contributed by atoms with Crippen LogP contribution in [0.4, 0.5) is 0 Å². The average molecular weight is 629 g/mol. The molecule has 1 N–H and O–H groups in total. The van der Waals surface area contributed by atoms with Gasteiger partial charge in [0.15, 0.2) is 12.3 Å². The van der Waals surface area contributed by atoms with Gasteiger partial charge in [-0.3, -0.25) is 23.7 Å². The number of carbonyl (C=O) groups is 4. The lowest BCUT2D eigenvalue weighted by molar-refractivity contribution is -0.228. The summed E-state index contributed by atoms with van der Waals surface area (Å²) in [7, 11) is 0. The number of benzene rings is 2. The van der Waals surface area contributed by atoms with Crippen molar-refractivity contribution in [3.63, 3.8) is 0 Å². The van der Waals surface area contributed by atoms with Crippen LogP contribution in [0.25, 0.3) is 11.3 Å². The summed E-state index contributed by atoms with van der Waals surface area (Å²) in [5.41, 5.74) is 1.66. The molecule has 5 rings (SSSR count). The predicted octanol–water partition coefficient (Wildman–Crippen LogP) is 4.87. The average Bonchev–Trinajstić information content (AvgIpc) is 3.43. The van der Waals surface area contributed by atoms with Crippen molar-refractivity contribution in [2.75, 3.05) is 6.61 Å². The molecule has 3 aromatic rings. The molecule has 1 amide bonds. The topological polar surface area (TPSA) is 143 Å². The Bertz CT molecular complexity index is 1630. The summed E-state index contributed by atoms with van der Waals surface area (Å²) in [5, 5.41) is 12.8. The fraction of sp³-hybridized carbons (Fsp3) is 0.300. The van der Waals surface area contributed by atoms with Gasteiger partial charge in [-0.1, -0.05) is 47.5 Å². The first-order valence-corrected chi connectivity index (χ1v) is 14.0. The summed E-state index contributed by atoms with van der Waals surface area (Å²) in [6.45, 7) is 3.32. The lowest BCUT2D eigenvalue weighted by Crippen LogP contribution is -2.50. The number of ether oxygens (including phenoxy) is 4. The summed E-state index contributed by atoms with van der Waals surface area (Å²) in [6.07, 6.45) is -4.41. The van der Waals surface area contributed by atoms with E-state index >= 15 is 0 Å². The standard InChI is InChI=1S/C30H26Cl2N2O9/c1-14(35)40-13-23-21(41-15(2)36)12-22(42-16(3)37)30(43-23)34-27(18-6-10-20(32)11-7-18)25-24(29(34)39)26(33-28(25)38)17-4-8-19(31)9-5-17/h4-11,21-23,30,39H,12-13H2,1-3H3/t21-,22-,23+,30?/m0/s1. The Labute approximate surface area is 255 Å². The molecule has 1 saturated heterocycles. The van der Waals surface area contributed by atoms with Gasteiger partial charge in [-0.05, 0) is 29.8 Å². The molecule has 4 atom stereocenters. The first kappa shape index (κ1) is 30.3. The highest BCUT2D eigenvalue weighted by atomic mass is 35.5. The summed E-state index contributed by atoms with van der Waals surface area (Å²) in [6, 6.07) is 13.1. The minimum absolute atomic E-state index is 0.0653. The Hall–Kier alpha value is -4.19. The molecule has 3 heterocycles. The number of rotatable bonds is 7. The highest BCUT2D eigenvalue weighted by molar-refractivity contribution is 6.32. The molecule has 224 valence electrons. The lowest BCUT2D eigenvalue weighted by atomic mass is 9.99. The third kappa shape index (κ3) is 6.15. The highest BCUT2D eigenvalue weighted by Crippen LogP contribution is 2.46. The van der Waals surface area contributed by atoms with E-state index in [1.165, 1.54) is 25.3 Å². The van der Waals surface area contributed by atoms with E-state index in [0.29, 0.717) is 21.2 Å². The van der Waals surface area contributed by atoms with Crippen LogP contribution in [0, 0.1) is 0 Å². The molecule has 0 spiro atoms. The van der Waals surface area contributed by atoms with Crippen LogP contribution in [0.5, 0.6) is 5.88 Å². The number of amides is 1. The van der Waals surface area contributed by atoms with Crippen molar-refractivity contribution in [2.45, 2.75) is 51.7 Å². The maximum absolute atomic E-state index is 13.5. The number of fused-ring (bicyclic) bond motifs is 1. The summed E-state index contributed by atoms with van der Waals surface area (Å²) in [4.78, 5) is 53.5. The van der Waals surface area contributed by atoms with Gasteiger partial charge in [-0.2, -0.15) is 0 Å². The summed E-state index contributed by atoms with van der Waals surface area (Å²) >= 11 is 12.2. The van der Waals surface area contributed by atoms with Crippen LogP contribution in [0.2, 0.25) is 10.0 Å². The van der Waals surface area contributed by atoms with Crippen LogP contribution >= 0.6 is 23.2 Å². The Morgan fingerprint density at radius 3 is 2.00 bits per heavy atom. The zero-order valence-corrected chi connectivity index (χ0v) is 24.7. The second-order valence-corrected chi connectivity index (χ2v) is 10.8. The van der Waals surface area contributed by atoms with Gasteiger partial charge in [0.2, 0.25) is 5.88 Å². The molecule has 1 fully saturated rings. The molecule has 2 aliphatic rings.